The number of para-hydroxylation sites is 1. The lowest BCUT2D eigenvalue weighted by Gasteiger charge is -2.00. The highest BCUT2D eigenvalue weighted by Crippen LogP contribution is 2.34. The molecular weight excluding hydrogens is 274 g/mol. The molecule has 0 bridgehead atoms. The van der Waals surface area contributed by atoms with Crippen molar-refractivity contribution in [2.24, 2.45) is 0 Å². The van der Waals surface area contributed by atoms with E-state index in [0.717, 1.165) is 17.0 Å². The van der Waals surface area contributed by atoms with Crippen LogP contribution in [-0.2, 0) is 0 Å². The Balaban J connectivity index is 2.21. The highest BCUT2D eigenvalue weighted by Gasteiger charge is 2.21. The second kappa shape index (κ2) is 4.71. The van der Waals surface area contributed by atoms with Gasteiger partial charge in [0.25, 0.3) is 11.4 Å². The van der Waals surface area contributed by atoms with Gasteiger partial charge in [0.05, 0.1) is 27.2 Å². The van der Waals surface area contributed by atoms with Gasteiger partial charge >= 0.3 is 0 Å². The molecule has 0 saturated heterocycles. The lowest BCUT2D eigenvalue weighted by molar-refractivity contribution is -0.393. The molecule has 0 aliphatic carbocycles. The van der Waals surface area contributed by atoms with Crippen LogP contribution in [0.5, 0.6) is 0 Å². The fourth-order valence-electron chi connectivity index (χ4n) is 2.23. The van der Waals surface area contributed by atoms with Crippen LogP contribution < -0.4 is 0 Å². The van der Waals surface area contributed by atoms with E-state index in [9.17, 15) is 20.2 Å². The number of nitro benzene ring substituents is 2. The van der Waals surface area contributed by atoms with E-state index in [4.69, 9.17) is 0 Å². The summed E-state index contributed by atoms with van der Waals surface area (Å²) in [7, 11) is 0. The van der Waals surface area contributed by atoms with Gasteiger partial charge in [-0.05, 0) is 18.2 Å². The molecule has 0 aliphatic heterocycles. The van der Waals surface area contributed by atoms with Gasteiger partial charge in [-0.2, -0.15) is 0 Å². The van der Waals surface area contributed by atoms with Gasteiger partial charge in [-0.1, -0.05) is 18.2 Å². The molecule has 0 spiro atoms. The third-order valence-electron chi connectivity index (χ3n) is 3.21. The Labute approximate surface area is 118 Å². The Hall–Kier alpha value is -3.22. The molecular formula is C14H9N3O4. The van der Waals surface area contributed by atoms with Crippen molar-refractivity contribution in [2.45, 2.75) is 0 Å². The molecule has 0 atom stereocenters. The Bertz CT molecular complexity index is 837. The Kier molecular flexibility index (Phi) is 2.87. The van der Waals surface area contributed by atoms with E-state index in [-0.39, 0.29) is 11.4 Å². The highest BCUT2D eigenvalue weighted by molar-refractivity contribution is 5.88. The molecule has 1 heterocycles. The fourth-order valence-corrected chi connectivity index (χ4v) is 2.23. The Morgan fingerprint density at radius 1 is 0.905 bits per heavy atom. The second-order valence-corrected chi connectivity index (χ2v) is 4.49. The minimum atomic E-state index is -0.651. The molecule has 0 unspecified atom stereocenters. The summed E-state index contributed by atoms with van der Waals surface area (Å²) >= 11 is 0. The number of nitro groups is 2. The van der Waals surface area contributed by atoms with Gasteiger partial charge in [-0.3, -0.25) is 20.2 Å². The maximum absolute atomic E-state index is 11.2. The summed E-state index contributed by atoms with van der Waals surface area (Å²) in [6.45, 7) is 0. The third kappa shape index (κ3) is 2.20. The first-order valence-electron chi connectivity index (χ1n) is 6.07. The van der Waals surface area contributed by atoms with Gasteiger partial charge in [0.15, 0.2) is 0 Å². The maximum atomic E-state index is 11.2. The fraction of sp³-hybridized carbons (Fsp3) is 0. The molecule has 0 saturated carbocycles. The van der Waals surface area contributed by atoms with Crippen LogP contribution in [0.3, 0.4) is 0 Å². The van der Waals surface area contributed by atoms with Crippen LogP contribution in [0, 0.1) is 20.2 Å². The number of rotatable bonds is 3. The van der Waals surface area contributed by atoms with E-state index in [0.29, 0.717) is 11.3 Å². The van der Waals surface area contributed by atoms with Crippen LogP contribution in [0.4, 0.5) is 11.4 Å². The van der Waals surface area contributed by atoms with Crippen LogP contribution in [0.15, 0.2) is 48.5 Å². The minimum absolute atomic E-state index is 0.296. The quantitative estimate of drug-likeness (QED) is 0.585. The summed E-state index contributed by atoms with van der Waals surface area (Å²) in [5.41, 5.74) is 1.12. The standard InChI is InChI=1S/C14H9N3O4/c18-16(19)10-5-6-11(14(8-10)17(20)21)13-7-9-3-1-2-4-12(9)15-13/h1-8,15H. The molecule has 3 aromatic rings. The second-order valence-electron chi connectivity index (χ2n) is 4.49. The molecule has 7 heteroatoms. The molecule has 1 N–H and O–H groups in total. The summed E-state index contributed by atoms with van der Waals surface area (Å²) < 4.78 is 0. The molecule has 0 aliphatic rings. The summed E-state index contributed by atoms with van der Waals surface area (Å²) in [6.07, 6.45) is 0. The zero-order valence-corrected chi connectivity index (χ0v) is 10.6. The minimum Gasteiger partial charge on any atom is -0.354 e. The summed E-state index contributed by atoms with van der Waals surface area (Å²) in [6, 6.07) is 12.9. The number of aromatic nitrogens is 1. The van der Waals surface area contributed by atoms with Gasteiger partial charge in [-0.25, -0.2) is 0 Å². The van der Waals surface area contributed by atoms with Crippen molar-refractivity contribution in [1.82, 2.24) is 4.98 Å². The number of hydrogen-bond donors (Lipinski definition) is 1. The molecule has 3 rings (SSSR count). The van der Waals surface area contributed by atoms with Crippen LogP contribution >= 0.6 is 0 Å². The van der Waals surface area contributed by atoms with Gasteiger partial charge in [-0.15, -0.1) is 0 Å². The molecule has 0 amide bonds. The predicted molar refractivity (Wildman–Crippen MR) is 77.0 cm³/mol. The number of non-ortho nitro benzene ring substituents is 1. The molecule has 7 nitrogen and oxygen atoms in total. The molecule has 21 heavy (non-hydrogen) atoms. The summed E-state index contributed by atoms with van der Waals surface area (Å²) in [5, 5.41) is 22.8. The highest BCUT2D eigenvalue weighted by atomic mass is 16.6. The van der Waals surface area contributed by atoms with Crippen LogP contribution in [0.1, 0.15) is 0 Å². The van der Waals surface area contributed by atoms with Crippen molar-refractivity contribution in [2.75, 3.05) is 0 Å². The van der Waals surface area contributed by atoms with Gasteiger partial charge in [0.1, 0.15) is 0 Å². The van der Waals surface area contributed by atoms with E-state index in [2.05, 4.69) is 4.98 Å². The smallest absolute Gasteiger partial charge is 0.285 e. The molecule has 2 aromatic carbocycles. The first-order chi connectivity index (χ1) is 10.1. The van der Waals surface area contributed by atoms with E-state index >= 15 is 0 Å². The summed E-state index contributed by atoms with van der Waals surface area (Å²) in [4.78, 5) is 23.7. The van der Waals surface area contributed by atoms with Gasteiger partial charge < -0.3 is 4.98 Å². The largest absolute Gasteiger partial charge is 0.354 e. The van der Waals surface area contributed by atoms with Gasteiger partial charge in [0.2, 0.25) is 0 Å². The van der Waals surface area contributed by atoms with Crippen molar-refractivity contribution < 1.29 is 9.85 Å². The molecule has 104 valence electrons. The zero-order chi connectivity index (χ0) is 15.0. The van der Waals surface area contributed by atoms with Gasteiger partial charge in [0, 0.05) is 17.0 Å². The van der Waals surface area contributed by atoms with Crippen LogP contribution in [0.2, 0.25) is 0 Å². The van der Waals surface area contributed by atoms with E-state index in [1.807, 2.05) is 24.3 Å². The van der Waals surface area contributed by atoms with Crippen molar-refractivity contribution in [1.29, 1.82) is 0 Å². The van der Waals surface area contributed by atoms with Crippen LogP contribution in [0.25, 0.3) is 22.2 Å². The number of fused-ring (bicyclic) bond motifs is 1. The summed E-state index contributed by atoms with van der Waals surface area (Å²) in [5.74, 6) is 0. The zero-order valence-electron chi connectivity index (χ0n) is 10.6. The Morgan fingerprint density at radius 3 is 2.33 bits per heavy atom. The number of nitrogens with zero attached hydrogens (tertiary/aromatic N) is 2. The number of hydrogen-bond acceptors (Lipinski definition) is 4. The number of aromatic amines is 1. The van der Waals surface area contributed by atoms with E-state index in [1.165, 1.54) is 12.1 Å². The molecule has 0 radical (unpaired) electrons. The monoisotopic (exact) mass is 283 g/mol. The Morgan fingerprint density at radius 2 is 1.67 bits per heavy atom. The lowest BCUT2D eigenvalue weighted by atomic mass is 10.1. The lowest BCUT2D eigenvalue weighted by Crippen LogP contribution is -1.95. The molecule has 1 aromatic heterocycles. The third-order valence-corrected chi connectivity index (χ3v) is 3.21. The van der Waals surface area contributed by atoms with Crippen molar-refractivity contribution in [3.63, 3.8) is 0 Å². The average Bonchev–Trinajstić information content (AvgIpc) is 2.90. The van der Waals surface area contributed by atoms with Crippen molar-refractivity contribution in [3.05, 3.63) is 68.8 Å². The number of nitrogens with one attached hydrogen (secondary N) is 1. The maximum Gasteiger partial charge on any atom is 0.285 e. The SMILES string of the molecule is O=[N+]([O-])c1ccc(-c2cc3ccccc3[nH]2)c([N+](=O)[O-])c1. The van der Waals surface area contributed by atoms with E-state index < -0.39 is 9.85 Å². The first-order valence-corrected chi connectivity index (χ1v) is 6.07. The van der Waals surface area contributed by atoms with Crippen molar-refractivity contribution >= 4 is 22.3 Å². The normalized spacial score (nSPS) is 10.7. The predicted octanol–water partition coefficient (Wildman–Crippen LogP) is 3.65. The first kappa shape index (κ1) is 12.8. The topological polar surface area (TPSA) is 102 Å². The average molecular weight is 283 g/mol. The number of benzene rings is 2. The van der Waals surface area contributed by atoms with Crippen molar-refractivity contribution in [3.8, 4) is 11.3 Å². The number of H-pyrrole nitrogens is 1. The van der Waals surface area contributed by atoms with Crippen LogP contribution in [-0.4, -0.2) is 14.8 Å². The van der Waals surface area contributed by atoms with E-state index in [1.54, 1.807) is 6.07 Å². The molecule has 0 fully saturated rings.